The van der Waals surface area contributed by atoms with Crippen molar-refractivity contribution in [1.29, 1.82) is 0 Å². The minimum absolute atomic E-state index is 0.00727. The van der Waals surface area contributed by atoms with Gasteiger partial charge in [-0.25, -0.2) is 0 Å². The zero-order valence-corrected chi connectivity index (χ0v) is 12.3. The molecule has 0 saturated carbocycles. The number of benzene rings is 1. The lowest BCUT2D eigenvalue weighted by atomic mass is 9.89. The summed E-state index contributed by atoms with van der Waals surface area (Å²) in [6, 6.07) is 9.96. The first-order chi connectivity index (χ1) is 8.80. The zero-order valence-electron chi connectivity index (χ0n) is 12.3. The van der Waals surface area contributed by atoms with Crippen LogP contribution in [0, 0.1) is 11.3 Å². The van der Waals surface area contributed by atoms with E-state index in [9.17, 15) is 9.90 Å². The Kier molecular flexibility index (Phi) is 5.55. The molecule has 0 aromatic heterocycles. The number of carbonyl (C=O) groups is 1. The monoisotopic (exact) mass is 263 g/mol. The van der Waals surface area contributed by atoms with Gasteiger partial charge in [0.2, 0.25) is 5.91 Å². The van der Waals surface area contributed by atoms with Crippen LogP contribution in [-0.2, 0) is 11.2 Å². The Morgan fingerprint density at radius 3 is 2.37 bits per heavy atom. The fourth-order valence-electron chi connectivity index (χ4n) is 1.74. The first-order valence-corrected chi connectivity index (χ1v) is 6.80. The summed E-state index contributed by atoms with van der Waals surface area (Å²) in [7, 11) is 0. The van der Waals surface area contributed by atoms with Gasteiger partial charge in [0.1, 0.15) is 0 Å². The molecule has 1 amide bonds. The number of hydrogen-bond acceptors (Lipinski definition) is 2. The summed E-state index contributed by atoms with van der Waals surface area (Å²) in [5.41, 5.74) is 0.942. The smallest absolute Gasteiger partial charge is 0.223 e. The molecule has 3 heteroatoms. The van der Waals surface area contributed by atoms with Crippen LogP contribution in [0.4, 0.5) is 0 Å². The fraction of sp³-hybridized carbons (Fsp3) is 0.562. The van der Waals surface area contributed by atoms with Crippen molar-refractivity contribution in [2.45, 2.75) is 40.2 Å². The van der Waals surface area contributed by atoms with Crippen molar-refractivity contribution in [3.63, 3.8) is 0 Å². The van der Waals surface area contributed by atoms with Crippen molar-refractivity contribution in [2.24, 2.45) is 11.3 Å². The van der Waals surface area contributed by atoms with Crippen LogP contribution in [0.5, 0.6) is 0 Å². The summed E-state index contributed by atoms with van der Waals surface area (Å²) >= 11 is 0. The molecule has 0 fully saturated rings. The average Bonchev–Trinajstić information content (AvgIpc) is 2.35. The third-order valence-corrected chi connectivity index (χ3v) is 3.30. The maximum absolute atomic E-state index is 12.0. The second kappa shape index (κ2) is 6.71. The Morgan fingerprint density at radius 1 is 1.26 bits per heavy atom. The minimum atomic E-state index is -0.527. The van der Waals surface area contributed by atoms with Crippen LogP contribution in [0.3, 0.4) is 0 Å². The zero-order chi connectivity index (χ0) is 14.5. The lowest BCUT2D eigenvalue weighted by molar-refractivity contribution is -0.125. The molecule has 0 aliphatic rings. The minimum Gasteiger partial charge on any atom is -0.391 e. The van der Waals surface area contributed by atoms with Crippen molar-refractivity contribution >= 4 is 5.91 Å². The number of nitrogens with one attached hydrogen (secondary N) is 1. The molecule has 0 radical (unpaired) electrons. The lowest BCUT2D eigenvalue weighted by Gasteiger charge is -2.26. The molecule has 1 aromatic rings. The molecule has 2 unspecified atom stereocenters. The van der Waals surface area contributed by atoms with Crippen LogP contribution in [0.15, 0.2) is 30.3 Å². The third-order valence-electron chi connectivity index (χ3n) is 3.30. The second-order valence-corrected chi connectivity index (χ2v) is 6.22. The topological polar surface area (TPSA) is 49.3 Å². The highest BCUT2D eigenvalue weighted by molar-refractivity contribution is 5.78. The summed E-state index contributed by atoms with van der Waals surface area (Å²) < 4.78 is 0. The van der Waals surface area contributed by atoms with Gasteiger partial charge in [0.15, 0.2) is 0 Å². The van der Waals surface area contributed by atoms with Gasteiger partial charge in [-0.2, -0.15) is 0 Å². The molecule has 19 heavy (non-hydrogen) atoms. The Labute approximate surface area is 116 Å². The van der Waals surface area contributed by atoms with Gasteiger partial charge < -0.3 is 10.4 Å². The standard InChI is InChI=1S/C16H25NO2/c1-12(10-13-8-6-5-7-9-13)15(19)17-11-14(18)16(2,3)4/h5-9,12,14,18H,10-11H2,1-4H3,(H,17,19). The van der Waals surface area contributed by atoms with E-state index in [2.05, 4.69) is 5.32 Å². The SMILES string of the molecule is CC(Cc1ccccc1)C(=O)NCC(O)C(C)(C)C. The van der Waals surface area contributed by atoms with Gasteiger partial charge in [0, 0.05) is 12.5 Å². The highest BCUT2D eigenvalue weighted by Gasteiger charge is 2.23. The molecule has 0 spiro atoms. The predicted octanol–water partition coefficient (Wildman–Crippen LogP) is 2.39. The van der Waals surface area contributed by atoms with Crippen LogP contribution in [0.2, 0.25) is 0 Å². The van der Waals surface area contributed by atoms with E-state index in [1.165, 1.54) is 0 Å². The Morgan fingerprint density at radius 2 is 1.84 bits per heavy atom. The van der Waals surface area contributed by atoms with Crippen molar-refractivity contribution in [3.05, 3.63) is 35.9 Å². The molecule has 2 N–H and O–H groups in total. The van der Waals surface area contributed by atoms with E-state index in [4.69, 9.17) is 0 Å². The molecule has 0 heterocycles. The molecular formula is C16H25NO2. The second-order valence-electron chi connectivity index (χ2n) is 6.22. The maximum atomic E-state index is 12.0. The number of amides is 1. The molecule has 1 aromatic carbocycles. The van der Waals surface area contributed by atoms with Crippen molar-refractivity contribution in [3.8, 4) is 0 Å². The number of rotatable bonds is 5. The van der Waals surface area contributed by atoms with Crippen molar-refractivity contribution < 1.29 is 9.90 Å². The van der Waals surface area contributed by atoms with E-state index in [1.807, 2.05) is 58.0 Å². The van der Waals surface area contributed by atoms with Gasteiger partial charge in [-0.1, -0.05) is 58.0 Å². The van der Waals surface area contributed by atoms with Gasteiger partial charge in [0.25, 0.3) is 0 Å². The van der Waals surface area contributed by atoms with E-state index < -0.39 is 6.10 Å². The summed E-state index contributed by atoms with van der Waals surface area (Å²) in [5, 5.41) is 12.7. The first kappa shape index (κ1) is 15.7. The normalized spacial score (nSPS) is 14.8. The summed E-state index contributed by atoms with van der Waals surface area (Å²) in [4.78, 5) is 12.0. The number of hydrogen-bond donors (Lipinski definition) is 2. The number of aliphatic hydroxyl groups is 1. The Bertz CT molecular complexity index is 395. The summed E-state index contributed by atoms with van der Waals surface area (Å²) in [6.07, 6.45) is 0.193. The van der Waals surface area contributed by atoms with E-state index in [1.54, 1.807) is 0 Å². The summed E-state index contributed by atoms with van der Waals surface area (Å²) in [5.74, 6) is -0.0956. The average molecular weight is 263 g/mol. The first-order valence-electron chi connectivity index (χ1n) is 6.80. The molecule has 3 nitrogen and oxygen atoms in total. The molecule has 0 bridgehead atoms. The molecule has 1 rings (SSSR count). The van der Waals surface area contributed by atoms with Crippen molar-refractivity contribution in [2.75, 3.05) is 6.54 Å². The van der Waals surface area contributed by atoms with Crippen LogP contribution >= 0.6 is 0 Å². The lowest BCUT2D eigenvalue weighted by Crippen LogP contribution is -2.41. The third kappa shape index (κ3) is 5.43. The predicted molar refractivity (Wildman–Crippen MR) is 77.8 cm³/mol. The van der Waals surface area contributed by atoms with Gasteiger partial charge >= 0.3 is 0 Å². The van der Waals surface area contributed by atoms with Gasteiger partial charge in [0.05, 0.1) is 6.10 Å². The van der Waals surface area contributed by atoms with Crippen LogP contribution < -0.4 is 5.32 Å². The molecule has 2 atom stereocenters. The highest BCUT2D eigenvalue weighted by Crippen LogP contribution is 2.18. The fourth-order valence-corrected chi connectivity index (χ4v) is 1.74. The van der Waals surface area contributed by atoms with E-state index in [0.717, 1.165) is 12.0 Å². The van der Waals surface area contributed by atoms with Crippen LogP contribution in [0.25, 0.3) is 0 Å². The number of carbonyl (C=O) groups excluding carboxylic acids is 1. The van der Waals surface area contributed by atoms with E-state index in [0.29, 0.717) is 6.54 Å². The van der Waals surface area contributed by atoms with Gasteiger partial charge in [-0.3, -0.25) is 4.79 Å². The highest BCUT2D eigenvalue weighted by atomic mass is 16.3. The molecule has 0 saturated heterocycles. The van der Waals surface area contributed by atoms with Gasteiger partial charge in [-0.15, -0.1) is 0 Å². The summed E-state index contributed by atoms with van der Waals surface area (Å²) in [6.45, 7) is 8.08. The largest absolute Gasteiger partial charge is 0.391 e. The Balaban J connectivity index is 2.41. The van der Waals surface area contributed by atoms with Gasteiger partial charge in [-0.05, 0) is 17.4 Å². The van der Waals surface area contributed by atoms with Crippen LogP contribution in [-0.4, -0.2) is 23.7 Å². The van der Waals surface area contributed by atoms with E-state index in [-0.39, 0.29) is 17.2 Å². The Hall–Kier alpha value is -1.35. The molecule has 106 valence electrons. The van der Waals surface area contributed by atoms with E-state index >= 15 is 0 Å². The molecule has 0 aliphatic carbocycles. The molecule has 0 aliphatic heterocycles. The van der Waals surface area contributed by atoms with Crippen LogP contribution in [0.1, 0.15) is 33.3 Å². The van der Waals surface area contributed by atoms with Crippen molar-refractivity contribution in [1.82, 2.24) is 5.32 Å². The quantitative estimate of drug-likeness (QED) is 0.857. The number of aliphatic hydroxyl groups excluding tert-OH is 1. The maximum Gasteiger partial charge on any atom is 0.223 e. The molecular weight excluding hydrogens is 238 g/mol.